The zero-order chi connectivity index (χ0) is 17.6. The van der Waals surface area contributed by atoms with E-state index in [4.69, 9.17) is 4.74 Å². The van der Waals surface area contributed by atoms with Crippen LogP contribution in [0.3, 0.4) is 0 Å². The van der Waals surface area contributed by atoms with Gasteiger partial charge in [-0.2, -0.15) is 0 Å². The summed E-state index contributed by atoms with van der Waals surface area (Å²) in [7, 11) is 1.38. The minimum absolute atomic E-state index is 0.149. The van der Waals surface area contributed by atoms with Crippen LogP contribution in [0.4, 0.5) is 4.39 Å². The summed E-state index contributed by atoms with van der Waals surface area (Å²) in [6.07, 6.45) is 0. The fraction of sp³-hybridized carbons (Fsp3) is 0.471. The number of amides is 2. The molecular weight excluding hydrogens is 315 g/mol. The summed E-state index contributed by atoms with van der Waals surface area (Å²) >= 11 is 0. The average Bonchev–Trinajstić information content (AvgIpc) is 2.98. The van der Waals surface area contributed by atoms with E-state index in [1.165, 1.54) is 20.0 Å². The molecule has 0 radical (unpaired) electrons. The third kappa shape index (κ3) is 2.15. The van der Waals surface area contributed by atoms with Crippen molar-refractivity contribution in [3.8, 4) is 0 Å². The van der Waals surface area contributed by atoms with Gasteiger partial charge in [-0.1, -0.05) is 18.2 Å². The number of esters is 1. The number of imide groups is 1. The number of carbonyl (C=O) groups excluding carboxylic acids is 3. The molecule has 0 saturated carbocycles. The van der Waals surface area contributed by atoms with Gasteiger partial charge in [-0.05, 0) is 19.9 Å². The lowest BCUT2D eigenvalue weighted by molar-refractivity contribution is -0.155. The van der Waals surface area contributed by atoms with Gasteiger partial charge >= 0.3 is 5.97 Å². The lowest BCUT2D eigenvalue weighted by Crippen LogP contribution is -2.53. The number of nitrogens with zero attached hydrogens (tertiary/aromatic N) is 1. The SMILES string of the molecule is CCOC(=O)[C@@]1(C)N[C@@H](c2ccccc2F)[C@H]2C(=O)N(C)C(=O)[C@@H]21. The van der Waals surface area contributed by atoms with Crippen LogP contribution in [0, 0.1) is 17.7 Å². The molecule has 2 amide bonds. The molecule has 4 atom stereocenters. The highest BCUT2D eigenvalue weighted by Gasteiger charge is 2.66. The van der Waals surface area contributed by atoms with Crippen LogP contribution in [-0.2, 0) is 19.1 Å². The monoisotopic (exact) mass is 334 g/mol. The highest BCUT2D eigenvalue weighted by Crippen LogP contribution is 2.48. The van der Waals surface area contributed by atoms with Crippen molar-refractivity contribution >= 4 is 17.8 Å². The lowest BCUT2D eigenvalue weighted by Gasteiger charge is -2.28. The van der Waals surface area contributed by atoms with E-state index >= 15 is 0 Å². The maximum Gasteiger partial charge on any atom is 0.326 e. The van der Waals surface area contributed by atoms with E-state index in [2.05, 4.69) is 5.32 Å². The fourth-order valence-electron chi connectivity index (χ4n) is 3.75. The van der Waals surface area contributed by atoms with Crippen molar-refractivity contribution in [1.82, 2.24) is 10.2 Å². The molecule has 128 valence electrons. The minimum atomic E-state index is -1.38. The van der Waals surface area contributed by atoms with Crippen molar-refractivity contribution in [2.45, 2.75) is 25.4 Å². The Morgan fingerprint density at radius 1 is 1.33 bits per heavy atom. The predicted octanol–water partition coefficient (Wildman–Crippen LogP) is 1.02. The summed E-state index contributed by atoms with van der Waals surface area (Å²) in [5.41, 5.74) is -1.12. The van der Waals surface area contributed by atoms with Gasteiger partial charge in [0.2, 0.25) is 11.8 Å². The topological polar surface area (TPSA) is 75.7 Å². The van der Waals surface area contributed by atoms with Crippen LogP contribution in [0.1, 0.15) is 25.5 Å². The zero-order valence-corrected chi connectivity index (χ0v) is 13.7. The smallest absolute Gasteiger partial charge is 0.326 e. The van der Waals surface area contributed by atoms with E-state index in [0.29, 0.717) is 0 Å². The molecule has 1 aromatic rings. The third-order valence-corrected chi connectivity index (χ3v) is 4.95. The van der Waals surface area contributed by atoms with E-state index in [1.807, 2.05) is 0 Å². The number of carbonyl (C=O) groups is 3. The van der Waals surface area contributed by atoms with Gasteiger partial charge in [-0.25, -0.2) is 4.39 Å². The molecule has 0 unspecified atom stereocenters. The molecular formula is C17H19FN2O4. The van der Waals surface area contributed by atoms with Gasteiger partial charge in [-0.3, -0.25) is 24.6 Å². The van der Waals surface area contributed by atoms with Crippen LogP contribution in [-0.4, -0.2) is 41.9 Å². The van der Waals surface area contributed by atoms with Crippen molar-refractivity contribution in [2.24, 2.45) is 11.8 Å². The summed E-state index contributed by atoms with van der Waals surface area (Å²) in [5, 5.41) is 3.01. The highest BCUT2D eigenvalue weighted by atomic mass is 19.1. The quantitative estimate of drug-likeness (QED) is 0.660. The van der Waals surface area contributed by atoms with Gasteiger partial charge in [0.05, 0.1) is 18.4 Å². The average molecular weight is 334 g/mol. The minimum Gasteiger partial charge on any atom is -0.465 e. The molecule has 2 fully saturated rings. The normalized spacial score (nSPS) is 32.2. The van der Waals surface area contributed by atoms with E-state index in [9.17, 15) is 18.8 Å². The van der Waals surface area contributed by atoms with E-state index in [-0.39, 0.29) is 12.2 Å². The van der Waals surface area contributed by atoms with Gasteiger partial charge in [0, 0.05) is 18.7 Å². The number of fused-ring (bicyclic) bond motifs is 1. The van der Waals surface area contributed by atoms with Crippen molar-refractivity contribution in [3.05, 3.63) is 35.6 Å². The lowest BCUT2D eigenvalue weighted by atomic mass is 9.80. The number of benzene rings is 1. The van der Waals surface area contributed by atoms with Gasteiger partial charge in [0.15, 0.2) is 0 Å². The molecule has 0 spiro atoms. The van der Waals surface area contributed by atoms with Crippen LogP contribution in [0.15, 0.2) is 24.3 Å². The van der Waals surface area contributed by atoms with Crippen LogP contribution in [0.2, 0.25) is 0 Å². The van der Waals surface area contributed by atoms with Gasteiger partial charge in [-0.15, -0.1) is 0 Å². The van der Waals surface area contributed by atoms with Crippen molar-refractivity contribution < 1.29 is 23.5 Å². The molecule has 1 N–H and O–H groups in total. The first-order valence-corrected chi connectivity index (χ1v) is 7.83. The third-order valence-electron chi connectivity index (χ3n) is 4.95. The molecule has 24 heavy (non-hydrogen) atoms. The van der Waals surface area contributed by atoms with E-state index < -0.39 is 47.0 Å². The maximum absolute atomic E-state index is 14.3. The molecule has 7 heteroatoms. The Labute approximate surface area is 139 Å². The van der Waals surface area contributed by atoms with Crippen LogP contribution in [0.5, 0.6) is 0 Å². The summed E-state index contributed by atoms with van der Waals surface area (Å²) in [6, 6.07) is 5.27. The largest absolute Gasteiger partial charge is 0.465 e. The summed E-state index contributed by atoms with van der Waals surface area (Å²) in [4.78, 5) is 38.6. The van der Waals surface area contributed by atoms with Gasteiger partial charge < -0.3 is 4.74 Å². The molecule has 6 nitrogen and oxygen atoms in total. The molecule has 1 aromatic carbocycles. The highest BCUT2D eigenvalue weighted by molar-refractivity contribution is 6.09. The molecule has 2 aliphatic rings. The Morgan fingerprint density at radius 2 is 2.00 bits per heavy atom. The second kappa shape index (κ2) is 5.66. The fourth-order valence-corrected chi connectivity index (χ4v) is 3.75. The Balaban J connectivity index is 2.10. The van der Waals surface area contributed by atoms with E-state index in [1.54, 1.807) is 25.1 Å². The first-order valence-electron chi connectivity index (χ1n) is 7.83. The number of hydrogen-bond acceptors (Lipinski definition) is 5. The van der Waals surface area contributed by atoms with Crippen LogP contribution < -0.4 is 5.32 Å². The second-order valence-electron chi connectivity index (χ2n) is 6.31. The summed E-state index contributed by atoms with van der Waals surface area (Å²) in [6.45, 7) is 3.35. The standard InChI is InChI=1S/C17H19FN2O4/c1-4-24-16(23)17(2)12-11(14(21)20(3)15(12)22)13(19-17)9-7-5-6-8-10(9)18/h5-8,11-13,19H,4H2,1-3H3/t11-,12+,13-,17-/m0/s1. The molecule has 2 aliphatic heterocycles. The van der Waals surface area contributed by atoms with Gasteiger partial charge in [0.25, 0.3) is 0 Å². The Morgan fingerprint density at radius 3 is 2.62 bits per heavy atom. The number of halogens is 1. The molecule has 0 bridgehead atoms. The Hall–Kier alpha value is -2.28. The van der Waals surface area contributed by atoms with E-state index in [0.717, 1.165) is 4.90 Å². The molecule has 0 aliphatic carbocycles. The first kappa shape index (κ1) is 16.6. The maximum atomic E-state index is 14.3. The number of hydrogen-bond donors (Lipinski definition) is 1. The van der Waals surface area contributed by atoms with Gasteiger partial charge in [0.1, 0.15) is 11.4 Å². The molecule has 0 aromatic heterocycles. The summed E-state index contributed by atoms with van der Waals surface area (Å²) in [5.74, 6) is -3.73. The number of ether oxygens (including phenoxy) is 1. The van der Waals surface area contributed by atoms with Crippen molar-refractivity contribution in [3.63, 3.8) is 0 Å². The van der Waals surface area contributed by atoms with Crippen LogP contribution in [0.25, 0.3) is 0 Å². The Bertz CT molecular complexity index is 722. The Kier molecular flexibility index (Phi) is 3.91. The number of likely N-dealkylation sites (tertiary alicyclic amines) is 1. The van der Waals surface area contributed by atoms with Crippen molar-refractivity contribution in [2.75, 3.05) is 13.7 Å². The number of nitrogens with one attached hydrogen (secondary N) is 1. The zero-order valence-electron chi connectivity index (χ0n) is 13.7. The van der Waals surface area contributed by atoms with Crippen molar-refractivity contribution in [1.29, 1.82) is 0 Å². The molecule has 3 rings (SSSR count). The molecule has 2 heterocycles. The molecule has 2 saturated heterocycles. The first-order chi connectivity index (χ1) is 11.3. The summed E-state index contributed by atoms with van der Waals surface area (Å²) < 4.78 is 19.3. The van der Waals surface area contributed by atoms with Crippen LogP contribution >= 0.6 is 0 Å². The second-order valence-corrected chi connectivity index (χ2v) is 6.31. The number of rotatable bonds is 3. The predicted molar refractivity (Wildman–Crippen MR) is 82.1 cm³/mol.